The Hall–Kier alpha value is -3.00. The van der Waals surface area contributed by atoms with Crippen LogP contribution in [0.2, 0.25) is 0 Å². The summed E-state index contributed by atoms with van der Waals surface area (Å²) in [6.07, 6.45) is 0. The summed E-state index contributed by atoms with van der Waals surface area (Å²) in [7, 11) is 3.04. The average molecular weight is 283 g/mol. The number of hydrogen-bond acceptors (Lipinski definition) is 4. The molecule has 2 rings (SSSR count). The summed E-state index contributed by atoms with van der Waals surface area (Å²) < 4.78 is 10.6. The first-order valence-corrected chi connectivity index (χ1v) is 6.11. The first-order chi connectivity index (χ1) is 10.1. The maximum Gasteiger partial charge on any atom is 0.335 e. The zero-order valence-corrected chi connectivity index (χ0v) is 11.6. The summed E-state index contributed by atoms with van der Waals surface area (Å²) in [6.45, 7) is 0. The van der Waals surface area contributed by atoms with Crippen molar-refractivity contribution in [2.45, 2.75) is 0 Å². The highest BCUT2D eigenvalue weighted by Gasteiger charge is 2.16. The smallest absolute Gasteiger partial charge is 0.335 e. The number of nitriles is 1. The highest BCUT2D eigenvalue weighted by atomic mass is 16.5. The Morgan fingerprint density at radius 2 is 1.90 bits per heavy atom. The SMILES string of the molecule is COc1cccc(-c2ccc(C(=O)O)cc2C#N)c1OC. The van der Waals surface area contributed by atoms with Gasteiger partial charge in [0.05, 0.1) is 31.4 Å². The van der Waals surface area contributed by atoms with Gasteiger partial charge in [0.25, 0.3) is 0 Å². The van der Waals surface area contributed by atoms with Gasteiger partial charge in [-0.15, -0.1) is 0 Å². The highest BCUT2D eigenvalue weighted by molar-refractivity contribution is 5.90. The van der Waals surface area contributed by atoms with Gasteiger partial charge in [-0.3, -0.25) is 0 Å². The Kier molecular flexibility index (Phi) is 4.10. The maximum absolute atomic E-state index is 11.0. The number of ether oxygens (including phenoxy) is 2. The van der Waals surface area contributed by atoms with Gasteiger partial charge in [-0.25, -0.2) is 4.79 Å². The molecule has 0 spiro atoms. The Labute approximate surface area is 122 Å². The molecule has 5 nitrogen and oxygen atoms in total. The van der Waals surface area contributed by atoms with Crippen LogP contribution >= 0.6 is 0 Å². The van der Waals surface area contributed by atoms with Gasteiger partial charge in [0.15, 0.2) is 11.5 Å². The summed E-state index contributed by atoms with van der Waals surface area (Å²) in [6, 6.07) is 11.7. The van der Waals surface area contributed by atoms with E-state index in [0.29, 0.717) is 22.6 Å². The van der Waals surface area contributed by atoms with Crippen molar-refractivity contribution in [3.05, 3.63) is 47.5 Å². The van der Waals surface area contributed by atoms with Gasteiger partial charge in [-0.2, -0.15) is 5.26 Å². The molecule has 0 aliphatic carbocycles. The molecule has 0 aromatic heterocycles. The largest absolute Gasteiger partial charge is 0.493 e. The van der Waals surface area contributed by atoms with Crippen LogP contribution in [-0.2, 0) is 0 Å². The fourth-order valence-electron chi connectivity index (χ4n) is 2.10. The minimum atomic E-state index is -1.07. The lowest BCUT2D eigenvalue weighted by Crippen LogP contribution is -1.99. The van der Waals surface area contributed by atoms with Crippen LogP contribution in [0.3, 0.4) is 0 Å². The lowest BCUT2D eigenvalue weighted by Gasteiger charge is -2.13. The van der Waals surface area contributed by atoms with Gasteiger partial charge >= 0.3 is 5.97 Å². The summed E-state index contributed by atoms with van der Waals surface area (Å²) in [5.74, 6) is -0.0311. The van der Waals surface area contributed by atoms with Crippen LogP contribution in [0.5, 0.6) is 11.5 Å². The van der Waals surface area contributed by atoms with Crippen molar-refractivity contribution >= 4 is 5.97 Å². The number of methoxy groups -OCH3 is 2. The second-order valence-corrected chi connectivity index (χ2v) is 4.22. The topological polar surface area (TPSA) is 79.5 Å². The van der Waals surface area contributed by atoms with Crippen molar-refractivity contribution in [1.29, 1.82) is 5.26 Å². The van der Waals surface area contributed by atoms with Gasteiger partial charge in [-0.1, -0.05) is 18.2 Å². The lowest BCUT2D eigenvalue weighted by molar-refractivity contribution is 0.0697. The van der Waals surface area contributed by atoms with Gasteiger partial charge in [0.1, 0.15) is 0 Å². The van der Waals surface area contributed by atoms with Gasteiger partial charge in [0, 0.05) is 11.1 Å². The number of carbonyl (C=O) groups is 1. The standard InChI is InChI=1S/C16H13NO4/c1-20-14-5-3-4-13(15(14)21-2)12-7-6-10(16(18)19)8-11(12)9-17/h3-8H,1-2H3,(H,18,19). The molecule has 0 saturated heterocycles. The van der Waals surface area contributed by atoms with E-state index in [1.807, 2.05) is 6.07 Å². The molecule has 0 fully saturated rings. The Balaban J connectivity index is 2.68. The van der Waals surface area contributed by atoms with Crippen LogP contribution in [0.1, 0.15) is 15.9 Å². The second-order valence-electron chi connectivity index (χ2n) is 4.22. The van der Waals surface area contributed by atoms with Crippen molar-refractivity contribution in [2.24, 2.45) is 0 Å². The van der Waals surface area contributed by atoms with Gasteiger partial charge < -0.3 is 14.6 Å². The van der Waals surface area contributed by atoms with E-state index in [2.05, 4.69) is 0 Å². The van der Waals surface area contributed by atoms with Crippen molar-refractivity contribution in [3.63, 3.8) is 0 Å². The molecule has 0 unspecified atom stereocenters. The van der Waals surface area contributed by atoms with E-state index < -0.39 is 5.97 Å². The maximum atomic E-state index is 11.0. The monoisotopic (exact) mass is 283 g/mol. The molecule has 0 heterocycles. The molecule has 0 saturated carbocycles. The fourth-order valence-corrected chi connectivity index (χ4v) is 2.10. The van der Waals surface area contributed by atoms with Gasteiger partial charge in [-0.05, 0) is 18.2 Å². The number of benzene rings is 2. The number of nitrogens with zero attached hydrogens (tertiary/aromatic N) is 1. The lowest BCUT2D eigenvalue weighted by atomic mass is 9.97. The van der Waals surface area contributed by atoms with E-state index in [1.165, 1.54) is 26.4 Å². The Bertz CT molecular complexity index is 732. The molecule has 2 aromatic rings. The van der Waals surface area contributed by atoms with Crippen molar-refractivity contribution < 1.29 is 19.4 Å². The molecular formula is C16H13NO4. The van der Waals surface area contributed by atoms with E-state index in [-0.39, 0.29) is 11.1 Å². The zero-order chi connectivity index (χ0) is 15.4. The number of carboxylic acid groups (broad SMARTS) is 1. The number of rotatable bonds is 4. The Morgan fingerprint density at radius 3 is 2.48 bits per heavy atom. The molecule has 0 radical (unpaired) electrons. The van der Waals surface area contributed by atoms with Crippen LogP contribution in [0.25, 0.3) is 11.1 Å². The van der Waals surface area contributed by atoms with Crippen molar-refractivity contribution in [2.75, 3.05) is 14.2 Å². The summed E-state index contributed by atoms with van der Waals surface area (Å²) in [5, 5.41) is 18.3. The molecule has 5 heteroatoms. The van der Waals surface area contributed by atoms with E-state index in [1.54, 1.807) is 24.3 Å². The fraction of sp³-hybridized carbons (Fsp3) is 0.125. The third-order valence-electron chi connectivity index (χ3n) is 3.08. The number of para-hydroxylation sites is 1. The first-order valence-electron chi connectivity index (χ1n) is 6.11. The molecule has 21 heavy (non-hydrogen) atoms. The molecule has 0 atom stereocenters. The third-order valence-corrected chi connectivity index (χ3v) is 3.08. The zero-order valence-electron chi connectivity index (χ0n) is 11.6. The summed E-state index contributed by atoms with van der Waals surface area (Å²) >= 11 is 0. The molecule has 0 bridgehead atoms. The van der Waals surface area contributed by atoms with Crippen molar-refractivity contribution in [1.82, 2.24) is 0 Å². The summed E-state index contributed by atoms with van der Waals surface area (Å²) in [5.41, 5.74) is 1.60. The molecule has 0 amide bonds. The minimum Gasteiger partial charge on any atom is -0.493 e. The predicted octanol–water partition coefficient (Wildman–Crippen LogP) is 2.94. The van der Waals surface area contributed by atoms with Crippen LogP contribution in [0.15, 0.2) is 36.4 Å². The first kappa shape index (κ1) is 14.4. The quantitative estimate of drug-likeness (QED) is 0.933. The van der Waals surface area contributed by atoms with Crippen LogP contribution in [-0.4, -0.2) is 25.3 Å². The Morgan fingerprint density at radius 1 is 1.14 bits per heavy atom. The second kappa shape index (κ2) is 5.97. The molecule has 106 valence electrons. The number of carboxylic acids is 1. The molecule has 1 N–H and O–H groups in total. The third kappa shape index (κ3) is 2.65. The molecule has 0 aliphatic rings. The molecular weight excluding hydrogens is 270 g/mol. The van der Waals surface area contributed by atoms with Crippen LogP contribution < -0.4 is 9.47 Å². The predicted molar refractivity (Wildman–Crippen MR) is 76.7 cm³/mol. The molecule has 0 aliphatic heterocycles. The van der Waals surface area contributed by atoms with E-state index >= 15 is 0 Å². The molecule has 2 aromatic carbocycles. The highest BCUT2D eigenvalue weighted by Crippen LogP contribution is 2.39. The van der Waals surface area contributed by atoms with Crippen molar-refractivity contribution in [3.8, 4) is 28.7 Å². The number of hydrogen-bond donors (Lipinski definition) is 1. The van der Waals surface area contributed by atoms with E-state index in [0.717, 1.165) is 0 Å². The summed E-state index contributed by atoms with van der Waals surface area (Å²) in [4.78, 5) is 11.0. The number of aromatic carboxylic acids is 1. The van der Waals surface area contributed by atoms with Crippen LogP contribution in [0, 0.1) is 11.3 Å². The minimum absolute atomic E-state index is 0.0668. The normalized spacial score (nSPS) is 9.76. The van der Waals surface area contributed by atoms with E-state index in [4.69, 9.17) is 14.6 Å². The van der Waals surface area contributed by atoms with Gasteiger partial charge in [0.2, 0.25) is 0 Å². The van der Waals surface area contributed by atoms with E-state index in [9.17, 15) is 10.1 Å². The van der Waals surface area contributed by atoms with Crippen LogP contribution in [0.4, 0.5) is 0 Å². The average Bonchev–Trinajstić information content (AvgIpc) is 2.53.